The van der Waals surface area contributed by atoms with Crippen molar-refractivity contribution in [2.24, 2.45) is 0 Å². The maximum Gasteiger partial charge on any atom is 0.222 e. The van der Waals surface area contributed by atoms with Gasteiger partial charge in [0.25, 0.3) is 0 Å². The Kier molecular flexibility index (Phi) is 12.8. The fourth-order valence-corrected chi connectivity index (χ4v) is 6.07. The van der Waals surface area contributed by atoms with Crippen LogP contribution < -0.4 is 0 Å². The molecular weight excluding hydrogens is 610 g/mol. The number of halogens is 1. The first kappa shape index (κ1) is 36.4. The third-order valence-corrected chi connectivity index (χ3v) is 9.44. The highest BCUT2D eigenvalue weighted by Crippen LogP contribution is 2.32. The fourth-order valence-electron chi connectivity index (χ4n) is 5.96. The number of amides is 1. The van der Waals surface area contributed by atoms with Gasteiger partial charge in [0.1, 0.15) is 0 Å². The average molecular weight is 662 g/mol. The number of likely N-dealkylation sites (N-methyl/N-ethyl adjacent to an activating group) is 1. The van der Waals surface area contributed by atoms with Crippen molar-refractivity contribution in [2.45, 2.75) is 80.6 Å². The van der Waals surface area contributed by atoms with Crippen LogP contribution in [-0.2, 0) is 27.1 Å². The highest BCUT2D eigenvalue weighted by molar-refractivity contribution is 6.17. The number of hydrogen-bond acceptors (Lipinski definition) is 5. The summed E-state index contributed by atoms with van der Waals surface area (Å²) in [6, 6.07) is 8.90. The van der Waals surface area contributed by atoms with Crippen molar-refractivity contribution < 1.29 is 14.3 Å². The van der Waals surface area contributed by atoms with Crippen LogP contribution in [0, 0.1) is 20.8 Å². The number of fused-ring (bicyclic) bond motifs is 8. The second-order valence-electron chi connectivity index (χ2n) is 12.6. The molecule has 0 aliphatic carbocycles. The van der Waals surface area contributed by atoms with E-state index in [2.05, 4.69) is 82.7 Å². The van der Waals surface area contributed by atoms with E-state index < -0.39 is 0 Å². The first-order valence-corrected chi connectivity index (χ1v) is 17.4. The summed E-state index contributed by atoms with van der Waals surface area (Å²) >= 11 is 5.42. The topological polar surface area (TPSA) is 96.1 Å². The Morgan fingerprint density at radius 3 is 2.11 bits per heavy atom. The molecule has 8 bridgehead atoms. The van der Waals surface area contributed by atoms with E-state index in [9.17, 15) is 4.79 Å². The molecule has 1 amide bonds. The van der Waals surface area contributed by atoms with Crippen LogP contribution in [0.15, 0.2) is 24.3 Å². The molecule has 5 heterocycles. The maximum absolute atomic E-state index is 11.1. The molecule has 0 radical (unpaired) electrons. The summed E-state index contributed by atoms with van der Waals surface area (Å²) in [5, 5.41) is 0. The minimum Gasteiger partial charge on any atom is -0.378 e. The second-order valence-corrected chi connectivity index (χ2v) is 12.9. The molecule has 2 aliphatic rings. The standard InChI is InChI=1S/C28H32N4.C10H20ClNO3/c1-8-20-18(6)27-12-22-15(3)10-24(30-22)19(7)23-9-14(2)21(29-23)11-25-16(4)17(5)26(31-25)13-28(20)32-27;1-3-10(13)12(2)5-7-15-9-8-14-6-4-11/h9,11-13,15,29,32H,8,10H2,1-7H3;3-9H2,1-2H3. The summed E-state index contributed by atoms with van der Waals surface area (Å²) in [6.07, 6.45) is 2.49. The summed E-state index contributed by atoms with van der Waals surface area (Å²) in [5.74, 6) is 1.05. The molecule has 0 aromatic carbocycles. The number of H-pyrrole nitrogens is 2. The van der Waals surface area contributed by atoms with Crippen LogP contribution in [-0.4, -0.2) is 76.6 Å². The number of carbonyl (C=O) groups is 1. The van der Waals surface area contributed by atoms with Crippen molar-refractivity contribution >= 4 is 50.7 Å². The van der Waals surface area contributed by atoms with Crippen LogP contribution in [0.5, 0.6) is 0 Å². The molecule has 1 atom stereocenters. The fraction of sp³-hybridized carbons (Fsp3) is 0.500. The van der Waals surface area contributed by atoms with Gasteiger partial charge in [0, 0.05) is 65.3 Å². The van der Waals surface area contributed by atoms with Gasteiger partial charge in [-0.2, -0.15) is 0 Å². The number of aryl methyl sites for hydroxylation is 4. The van der Waals surface area contributed by atoms with Crippen molar-refractivity contribution in [1.82, 2.24) is 24.8 Å². The smallest absolute Gasteiger partial charge is 0.222 e. The highest BCUT2D eigenvalue weighted by Gasteiger charge is 2.19. The van der Waals surface area contributed by atoms with Gasteiger partial charge in [-0.05, 0) is 105 Å². The Balaban J connectivity index is 0.000000284. The van der Waals surface area contributed by atoms with E-state index in [1.165, 1.54) is 39.1 Å². The largest absolute Gasteiger partial charge is 0.378 e. The predicted molar refractivity (Wildman–Crippen MR) is 195 cm³/mol. The van der Waals surface area contributed by atoms with Gasteiger partial charge in [-0.15, -0.1) is 11.6 Å². The molecule has 3 aromatic rings. The number of carbonyl (C=O) groups excluding carboxylic acids is 1. The van der Waals surface area contributed by atoms with E-state index >= 15 is 0 Å². The first-order chi connectivity index (χ1) is 22.5. The number of allylic oxidation sites excluding steroid dienone is 2. The number of hydrogen-bond donors (Lipinski definition) is 2. The van der Waals surface area contributed by atoms with Gasteiger partial charge in [0.05, 0.1) is 37.8 Å². The number of aromatic amines is 2. The lowest BCUT2D eigenvalue weighted by molar-refractivity contribution is -0.130. The lowest BCUT2D eigenvalue weighted by Crippen LogP contribution is -2.29. The molecule has 2 aliphatic heterocycles. The summed E-state index contributed by atoms with van der Waals surface area (Å²) in [7, 11) is 1.78. The Labute approximate surface area is 285 Å². The number of ether oxygens (including phenoxy) is 2. The molecule has 254 valence electrons. The van der Waals surface area contributed by atoms with Crippen molar-refractivity contribution in [1.29, 1.82) is 0 Å². The zero-order valence-corrected chi connectivity index (χ0v) is 30.5. The van der Waals surface area contributed by atoms with Crippen molar-refractivity contribution in [2.75, 3.05) is 45.9 Å². The van der Waals surface area contributed by atoms with E-state index in [1.807, 2.05) is 6.92 Å². The van der Waals surface area contributed by atoms with Crippen LogP contribution in [0.2, 0.25) is 0 Å². The summed E-state index contributed by atoms with van der Waals surface area (Å²) in [4.78, 5) is 30.2. The molecule has 47 heavy (non-hydrogen) atoms. The van der Waals surface area contributed by atoms with Gasteiger partial charge in [-0.1, -0.05) is 20.8 Å². The van der Waals surface area contributed by atoms with Crippen LogP contribution >= 0.6 is 11.6 Å². The lowest BCUT2D eigenvalue weighted by Gasteiger charge is -2.15. The highest BCUT2D eigenvalue weighted by atomic mass is 35.5. The Hall–Kier alpha value is -3.46. The van der Waals surface area contributed by atoms with Gasteiger partial charge in [-0.25, -0.2) is 4.98 Å². The third kappa shape index (κ3) is 8.72. The SMILES string of the molecule is CCC(=O)N(C)CCOCCOCCCl.CCc1c(C)c2cc3nc(c(C)c4cc(C)c(cc5nc(cc1[nH]2)C(C)=C5C)[nH]4)CC3C. The van der Waals surface area contributed by atoms with E-state index in [1.54, 1.807) is 11.9 Å². The Bertz CT molecular complexity index is 1770. The Morgan fingerprint density at radius 1 is 0.851 bits per heavy atom. The van der Waals surface area contributed by atoms with E-state index in [0.717, 1.165) is 52.0 Å². The van der Waals surface area contributed by atoms with Crippen LogP contribution in [0.4, 0.5) is 0 Å². The van der Waals surface area contributed by atoms with Crippen LogP contribution in [0.3, 0.4) is 0 Å². The third-order valence-electron chi connectivity index (χ3n) is 9.28. The van der Waals surface area contributed by atoms with E-state index in [0.29, 0.717) is 51.2 Å². The van der Waals surface area contributed by atoms with E-state index in [4.69, 9.17) is 31.0 Å². The first-order valence-electron chi connectivity index (χ1n) is 16.8. The van der Waals surface area contributed by atoms with Gasteiger partial charge in [0.2, 0.25) is 5.91 Å². The second kappa shape index (κ2) is 16.6. The molecule has 9 heteroatoms. The molecule has 0 saturated heterocycles. The van der Waals surface area contributed by atoms with Gasteiger partial charge in [-0.3, -0.25) is 9.78 Å². The minimum atomic E-state index is 0.136. The summed E-state index contributed by atoms with van der Waals surface area (Å²) < 4.78 is 10.4. The number of aromatic nitrogens is 4. The normalized spacial score (nSPS) is 14.3. The van der Waals surface area contributed by atoms with Crippen molar-refractivity contribution in [3.8, 4) is 0 Å². The molecule has 3 aromatic heterocycles. The van der Waals surface area contributed by atoms with Crippen LogP contribution in [0.25, 0.3) is 33.2 Å². The summed E-state index contributed by atoms with van der Waals surface area (Å²) in [5.41, 5.74) is 16.6. The molecule has 8 nitrogen and oxygen atoms in total. The summed E-state index contributed by atoms with van der Waals surface area (Å²) in [6.45, 7) is 20.1. The molecular formula is C38H52ClN5O3. The van der Waals surface area contributed by atoms with Gasteiger partial charge < -0.3 is 24.3 Å². The van der Waals surface area contributed by atoms with Crippen molar-refractivity contribution in [3.05, 3.63) is 69.3 Å². The molecule has 1 unspecified atom stereocenters. The van der Waals surface area contributed by atoms with Gasteiger partial charge >= 0.3 is 0 Å². The Morgan fingerprint density at radius 2 is 1.47 bits per heavy atom. The maximum atomic E-state index is 11.1. The lowest BCUT2D eigenvalue weighted by atomic mass is 10.0. The number of rotatable bonds is 10. The quantitative estimate of drug-likeness (QED) is 0.169. The number of nitrogens with zero attached hydrogens (tertiary/aromatic N) is 3. The number of alkyl halides is 1. The predicted octanol–water partition coefficient (Wildman–Crippen LogP) is 8.23. The molecule has 2 N–H and O–H groups in total. The van der Waals surface area contributed by atoms with E-state index in [-0.39, 0.29) is 5.91 Å². The molecule has 0 fully saturated rings. The minimum absolute atomic E-state index is 0.136. The van der Waals surface area contributed by atoms with Crippen LogP contribution in [0.1, 0.15) is 92.0 Å². The monoisotopic (exact) mass is 661 g/mol. The zero-order chi connectivity index (χ0) is 34.2. The zero-order valence-electron chi connectivity index (χ0n) is 29.7. The molecule has 0 spiro atoms. The van der Waals surface area contributed by atoms with Crippen molar-refractivity contribution in [3.63, 3.8) is 0 Å². The molecule has 0 saturated carbocycles. The van der Waals surface area contributed by atoms with Gasteiger partial charge in [0.15, 0.2) is 0 Å². The average Bonchev–Trinajstić information content (AvgIpc) is 3.77. The number of nitrogens with one attached hydrogen (secondary N) is 2. The molecule has 5 rings (SSSR count).